The Balaban J connectivity index is 1.03. The van der Waals surface area contributed by atoms with Crippen molar-refractivity contribution in [3.05, 3.63) is 161 Å². The molecule has 1 N–H and O–H groups in total. The number of carbonyl (C=O) groups excluding carboxylic acids is 2. The van der Waals surface area contributed by atoms with Crippen LogP contribution in [0.4, 0.5) is 4.39 Å². The maximum atomic E-state index is 13.2. The van der Waals surface area contributed by atoms with Crippen LogP contribution in [0.1, 0.15) is 88.4 Å². The van der Waals surface area contributed by atoms with Gasteiger partial charge in [-0.3, -0.25) is 9.59 Å². The summed E-state index contributed by atoms with van der Waals surface area (Å²) in [5, 5.41) is 9.63. The predicted molar refractivity (Wildman–Crippen MR) is 178 cm³/mol. The molecule has 0 aromatic heterocycles. The lowest BCUT2D eigenvalue weighted by molar-refractivity contribution is 0.0883. The highest BCUT2D eigenvalue weighted by atomic mass is 19.1. The van der Waals surface area contributed by atoms with Crippen LogP contribution < -0.4 is 4.74 Å². The van der Waals surface area contributed by atoms with E-state index in [-0.39, 0.29) is 34.5 Å². The van der Waals surface area contributed by atoms with Crippen molar-refractivity contribution in [3.8, 4) is 17.2 Å². The van der Waals surface area contributed by atoms with E-state index in [0.29, 0.717) is 34.1 Å². The Morgan fingerprint density at radius 3 is 1.63 bits per heavy atom. The summed E-state index contributed by atoms with van der Waals surface area (Å²) in [5.74, 6) is 1.63. The minimum Gasteiger partial charge on any atom is -0.508 e. The third-order valence-corrected chi connectivity index (χ3v) is 9.39. The summed E-state index contributed by atoms with van der Waals surface area (Å²) in [5.41, 5.74) is 4.98. The number of benzene rings is 5. The zero-order valence-electron chi connectivity index (χ0n) is 26.1. The molecule has 1 aliphatic rings. The molecule has 0 saturated heterocycles. The van der Waals surface area contributed by atoms with Crippen molar-refractivity contribution in [1.29, 1.82) is 0 Å². The number of hydrogen-bond acceptors (Lipinski definition) is 4. The van der Waals surface area contributed by atoms with E-state index < -0.39 is 0 Å². The highest BCUT2D eigenvalue weighted by molar-refractivity contribution is 6.09. The lowest BCUT2D eigenvalue weighted by Gasteiger charge is -2.28. The van der Waals surface area contributed by atoms with E-state index >= 15 is 0 Å². The third kappa shape index (κ3) is 6.79. The molecule has 0 bridgehead atoms. The van der Waals surface area contributed by atoms with E-state index in [0.717, 1.165) is 36.8 Å². The molecule has 5 aromatic rings. The number of rotatable bonds is 9. The van der Waals surface area contributed by atoms with Crippen molar-refractivity contribution in [3.63, 3.8) is 0 Å². The van der Waals surface area contributed by atoms with Gasteiger partial charge in [-0.25, -0.2) is 4.39 Å². The van der Waals surface area contributed by atoms with Crippen LogP contribution in [-0.2, 0) is 5.41 Å². The number of Topliss-reactive ketones (excluding diaryl/α,β-unsaturated/α-hetero) is 1. The van der Waals surface area contributed by atoms with Gasteiger partial charge < -0.3 is 9.84 Å². The lowest BCUT2D eigenvalue weighted by atomic mass is 9.76. The van der Waals surface area contributed by atoms with Crippen molar-refractivity contribution in [2.75, 3.05) is 0 Å². The van der Waals surface area contributed by atoms with E-state index in [1.165, 1.54) is 17.7 Å². The van der Waals surface area contributed by atoms with Crippen LogP contribution in [0.5, 0.6) is 17.2 Å². The topological polar surface area (TPSA) is 63.6 Å². The summed E-state index contributed by atoms with van der Waals surface area (Å²) < 4.78 is 19.3. The summed E-state index contributed by atoms with van der Waals surface area (Å²) in [4.78, 5) is 26.1. The Morgan fingerprint density at radius 1 is 0.630 bits per heavy atom. The number of ketones is 2. The van der Waals surface area contributed by atoms with Crippen LogP contribution in [0.2, 0.25) is 0 Å². The summed E-state index contributed by atoms with van der Waals surface area (Å²) in [6.07, 6.45) is 3.42. The van der Waals surface area contributed by atoms with E-state index in [4.69, 9.17) is 4.74 Å². The number of aromatic hydroxyl groups is 1. The van der Waals surface area contributed by atoms with Crippen molar-refractivity contribution in [1.82, 2.24) is 0 Å². The maximum absolute atomic E-state index is 13.2. The number of carbonyl (C=O) groups is 2. The number of halogens is 1. The molecule has 0 amide bonds. The van der Waals surface area contributed by atoms with Gasteiger partial charge in [0.25, 0.3) is 0 Å². The molecule has 0 heterocycles. The zero-order valence-corrected chi connectivity index (χ0v) is 26.1. The van der Waals surface area contributed by atoms with Crippen molar-refractivity contribution < 1.29 is 23.8 Å². The molecule has 4 nitrogen and oxygen atoms in total. The quantitative estimate of drug-likeness (QED) is 0.168. The average Bonchev–Trinajstić information content (AvgIpc) is 3.09. The first kappa shape index (κ1) is 31.0. The molecule has 5 aromatic carbocycles. The fourth-order valence-corrected chi connectivity index (χ4v) is 6.41. The van der Waals surface area contributed by atoms with Crippen molar-refractivity contribution >= 4 is 11.6 Å². The summed E-state index contributed by atoms with van der Waals surface area (Å²) in [6.45, 7) is 4.29. The van der Waals surface area contributed by atoms with Crippen LogP contribution in [0, 0.1) is 11.7 Å². The van der Waals surface area contributed by atoms with Gasteiger partial charge in [-0.1, -0.05) is 62.4 Å². The number of phenols is 1. The van der Waals surface area contributed by atoms with Crippen LogP contribution in [0.25, 0.3) is 0 Å². The molecule has 5 heteroatoms. The summed E-state index contributed by atoms with van der Waals surface area (Å²) in [7, 11) is 0. The fourth-order valence-electron chi connectivity index (χ4n) is 6.41. The fraction of sp³-hybridized carbons (Fsp3) is 0.220. The molecular formula is C41H37FO4. The average molecular weight is 613 g/mol. The normalized spacial score (nSPS) is 16.5. The van der Waals surface area contributed by atoms with Gasteiger partial charge in [-0.2, -0.15) is 0 Å². The first-order chi connectivity index (χ1) is 22.2. The zero-order chi connectivity index (χ0) is 32.3. The van der Waals surface area contributed by atoms with E-state index in [2.05, 4.69) is 13.8 Å². The Bertz CT molecular complexity index is 1800. The summed E-state index contributed by atoms with van der Waals surface area (Å²) in [6, 6.07) is 36.1. The molecular weight excluding hydrogens is 575 g/mol. The molecule has 0 spiro atoms. The second-order valence-electron chi connectivity index (χ2n) is 12.7. The minimum absolute atomic E-state index is 0.0300. The van der Waals surface area contributed by atoms with E-state index in [1.54, 1.807) is 36.4 Å². The summed E-state index contributed by atoms with van der Waals surface area (Å²) >= 11 is 0. The van der Waals surface area contributed by atoms with Gasteiger partial charge >= 0.3 is 0 Å². The Labute approximate surface area is 269 Å². The number of ether oxygens (including phenoxy) is 1. The second kappa shape index (κ2) is 13.1. The van der Waals surface area contributed by atoms with E-state index in [1.807, 2.05) is 72.8 Å². The van der Waals surface area contributed by atoms with Crippen LogP contribution >= 0.6 is 0 Å². The van der Waals surface area contributed by atoms with Crippen LogP contribution in [-0.4, -0.2) is 16.7 Å². The standard InChI is InChI=1S/C41H37FO4/c1-41(2,33-15-21-36(43)22-16-33)34-17-25-38(26-18-34)46-37-23-13-32(14-24-37)40(45)30-9-5-28(6-10-30)27-3-7-29(8-4-27)39(44)31-11-19-35(42)20-12-31/h5-6,9-27,29,43H,3-4,7-8H2,1-2H3. The van der Waals surface area contributed by atoms with Gasteiger partial charge in [0, 0.05) is 28.0 Å². The highest BCUT2D eigenvalue weighted by Crippen LogP contribution is 2.38. The number of phenolic OH excluding ortho intramolecular Hbond substituents is 1. The van der Waals surface area contributed by atoms with Gasteiger partial charge in [0.05, 0.1) is 0 Å². The SMILES string of the molecule is CC(C)(c1ccc(O)cc1)c1ccc(Oc2ccc(C(=O)c3ccc(C4CCC(C(=O)c5ccc(F)cc5)CC4)cc3)cc2)cc1. The first-order valence-corrected chi connectivity index (χ1v) is 15.8. The van der Waals surface area contributed by atoms with Crippen LogP contribution in [0.15, 0.2) is 121 Å². The Hall–Kier alpha value is -5.03. The minimum atomic E-state index is -0.334. The molecule has 1 fully saturated rings. The van der Waals surface area contributed by atoms with Gasteiger partial charge in [-0.15, -0.1) is 0 Å². The monoisotopic (exact) mass is 612 g/mol. The largest absolute Gasteiger partial charge is 0.508 e. The molecule has 0 atom stereocenters. The maximum Gasteiger partial charge on any atom is 0.193 e. The Kier molecular flexibility index (Phi) is 8.85. The van der Waals surface area contributed by atoms with Gasteiger partial charge in [0.1, 0.15) is 23.1 Å². The molecule has 46 heavy (non-hydrogen) atoms. The first-order valence-electron chi connectivity index (χ1n) is 15.8. The van der Waals surface area contributed by atoms with Crippen molar-refractivity contribution in [2.45, 2.75) is 50.9 Å². The Morgan fingerprint density at radius 2 is 1.09 bits per heavy atom. The van der Waals surface area contributed by atoms with Gasteiger partial charge in [0.2, 0.25) is 0 Å². The smallest absolute Gasteiger partial charge is 0.193 e. The van der Waals surface area contributed by atoms with Gasteiger partial charge in [0.15, 0.2) is 11.6 Å². The molecule has 232 valence electrons. The predicted octanol–water partition coefficient (Wildman–Crippen LogP) is 10.0. The van der Waals surface area contributed by atoms with Crippen LogP contribution in [0.3, 0.4) is 0 Å². The van der Waals surface area contributed by atoms with E-state index in [9.17, 15) is 19.1 Å². The lowest BCUT2D eigenvalue weighted by Crippen LogP contribution is -2.21. The van der Waals surface area contributed by atoms with Crippen molar-refractivity contribution in [2.24, 2.45) is 5.92 Å². The van der Waals surface area contributed by atoms with Gasteiger partial charge in [-0.05, 0) is 121 Å². The molecule has 0 unspecified atom stereocenters. The molecule has 1 saturated carbocycles. The second-order valence-corrected chi connectivity index (χ2v) is 12.7. The third-order valence-electron chi connectivity index (χ3n) is 9.39. The molecule has 6 rings (SSSR count). The highest BCUT2D eigenvalue weighted by Gasteiger charge is 2.28. The number of hydrogen-bond donors (Lipinski definition) is 1. The molecule has 1 aliphatic carbocycles. The molecule has 0 aliphatic heterocycles. The molecule has 0 radical (unpaired) electrons.